The zero-order chi connectivity index (χ0) is 22.5. The zero-order valence-corrected chi connectivity index (χ0v) is 18.8. The molecule has 172 valence electrons. The van der Waals surface area contributed by atoms with Crippen LogP contribution in [0.3, 0.4) is 0 Å². The van der Waals surface area contributed by atoms with Gasteiger partial charge in [-0.05, 0) is 60.2 Å². The van der Waals surface area contributed by atoms with Crippen molar-refractivity contribution in [3.63, 3.8) is 0 Å². The highest BCUT2D eigenvalue weighted by Gasteiger charge is 2.18. The van der Waals surface area contributed by atoms with Crippen molar-refractivity contribution in [2.45, 2.75) is 38.3 Å². The van der Waals surface area contributed by atoms with Gasteiger partial charge in [0.2, 0.25) is 0 Å². The Hall–Kier alpha value is -3.32. The molecule has 1 aromatic carbocycles. The average molecular weight is 447 g/mol. The van der Waals surface area contributed by atoms with Crippen molar-refractivity contribution in [1.29, 1.82) is 0 Å². The van der Waals surface area contributed by atoms with Gasteiger partial charge < -0.3 is 24.7 Å². The predicted octanol–water partition coefficient (Wildman–Crippen LogP) is 4.51. The number of aromatic nitrogens is 2. The van der Waals surface area contributed by atoms with E-state index in [1.165, 1.54) is 5.57 Å². The molecule has 2 aliphatic rings. The largest absolute Gasteiger partial charge is 0.493 e. The molecule has 0 spiro atoms. The van der Waals surface area contributed by atoms with Crippen molar-refractivity contribution in [1.82, 2.24) is 20.2 Å². The second-order valence-electron chi connectivity index (χ2n) is 8.64. The summed E-state index contributed by atoms with van der Waals surface area (Å²) in [5, 5.41) is 4.14. The molecule has 33 heavy (non-hydrogen) atoms. The molecule has 2 aromatic heterocycles. The van der Waals surface area contributed by atoms with E-state index < -0.39 is 0 Å². The van der Waals surface area contributed by atoms with Gasteiger partial charge in [0, 0.05) is 50.4 Å². The van der Waals surface area contributed by atoms with Crippen LogP contribution in [0, 0.1) is 0 Å². The van der Waals surface area contributed by atoms with E-state index in [-0.39, 0.29) is 6.03 Å². The molecular formula is C26H30N4O3. The Morgan fingerprint density at radius 2 is 2.27 bits per heavy atom. The van der Waals surface area contributed by atoms with Crippen molar-refractivity contribution in [3.05, 3.63) is 66.0 Å². The average Bonchev–Trinajstić information content (AvgIpc) is 3.54. The second kappa shape index (κ2) is 10.1. The van der Waals surface area contributed by atoms with E-state index in [0.717, 1.165) is 60.2 Å². The Morgan fingerprint density at radius 3 is 3.12 bits per heavy atom. The standard InChI is InChI=1S/C26H30N4O3/c31-26(29-17-19-3-1-4-24(15-19)33-14-9-23-5-2-13-32-23)30-11-7-20(8-12-30)22-16-21-6-10-27-25(21)28-18-22/h1,3-4,6-7,10,15-16,18,23H,2,5,8-9,11-14,17H2,(H,27,28)(H,29,31). The minimum Gasteiger partial charge on any atom is -0.493 e. The summed E-state index contributed by atoms with van der Waals surface area (Å²) in [4.78, 5) is 22.1. The van der Waals surface area contributed by atoms with Gasteiger partial charge in [-0.15, -0.1) is 0 Å². The number of nitrogens with zero attached hydrogens (tertiary/aromatic N) is 2. The summed E-state index contributed by atoms with van der Waals surface area (Å²) >= 11 is 0. The van der Waals surface area contributed by atoms with Crippen LogP contribution >= 0.6 is 0 Å². The van der Waals surface area contributed by atoms with Crippen LogP contribution < -0.4 is 10.1 Å². The van der Waals surface area contributed by atoms with Crippen molar-refractivity contribution in [3.8, 4) is 5.75 Å². The highest BCUT2D eigenvalue weighted by Crippen LogP contribution is 2.24. The van der Waals surface area contributed by atoms with Crippen LogP contribution in [0.5, 0.6) is 5.75 Å². The summed E-state index contributed by atoms with van der Waals surface area (Å²) in [6, 6.07) is 12.1. The van der Waals surface area contributed by atoms with Crippen molar-refractivity contribution in [2.75, 3.05) is 26.3 Å². The molecule has 0 bridgehead atoms. The molecule has 2 aliphatic heterocycles. The van der Waals surface area contributed by atoms with Gasteiger partial charge in [-0.25, -0.2) is 9.78 Å². The van der Waals surface area contributed by atoms with E-state index in [0.29, 0.717) is 32.3 Å². The number of carbonyl (C=O) groups excluding carboxylic acids is 1. The monoisotopic (exact) mass is 446 g/mol. The molecule has 0 saturated carbocycles. The molecule has 0 aliphatic carbocycles. The fourth-order valence-corrected chi connectivity index (χ4v) is 4.45. The molecule has 7 nitrogen and oxygen atoms in total. The van der Waals surface area contributed by atoms with Gasteiger partial charge in [0.1, 0.15) is 11.4 Å². The minimum atomic E-state index is -0.0470. The maximum absolute atomic E-state index is 12.7. The number of ether oxygens (including phenoxy) is 2. The second-order valence-corrected chi connectivity index (χ2v) is 8.64. The van der Waals surface area contributed by atoms with Gasteiger partial charge >= 0.3 is 6.03 Å². The third-order valence-corrected chi connectivity index (χ3v) is 6.34. The van der Waals surface area contributed by atoms with E-state index in [1.807, 2.05) is 47.6 Å². The lowest BCUT2D eigenvalue weighted by molar-refractivity contribution is 0.0903. The van der Waals surface area contributed by atoms with E-state index in [2.05, 4.69) is 27.4 Å². The third kappa shape index (κ3) is 5.37. The first-order valence-electron chi connectivity index (χ1n) is 11.7. The van der Waals surface area contributed by atoms with Gasteiger partial charge in [0.05, 0.1) is 12.7 Å². The number of aromatic amines is 1. The highest BCUT2D eigenvalue weighted by atomic mass is 16.5. The van der Waals surface area contributed by atoms with Crippen LogP contribution in [0.2, 0.25) is 0 Å². The lowest BCUT2D eigenvalue weighted by atomic mass is 10.0. The predicted molar refractivity (Wildman–Crippen MR) is 128 cm³/mol. The number of H-pyrrole nitrogens is 1. The molecule has 1 saturated heterocycles. The van der Waals surface area contributed by atoms with Crippen LogP contribution in [0.4, 0.5) is 4.79 Å². The molecule has 2 amide bonds. The first-order valence-corrected chi connectivity index (χ1v) is 11.7. The number of pyridine rings is 1. The number of nitrogens with one attached hydrogen (secondary N) is 2. The highest BCUT2D eigenvalue weighted by molar-refractivity contribution is 5.81. The quantitative estimate of drug-likeness (QED) is 0.560. The van der Waals surface area contributed by atoms with Crippen molar-refractivity contribution < 1.29 is 14.3 Å². The van der Waals surface area contributed by atoms with Crippen LogP contribution in [-0.2, 0) is 11.3 Å². The summed E-state index contributed by atoms with van der Waals surface area (Å²) in [6.07, 6.45) is 10.3. The molecule has 5 rings (SSSR count). The summed E-state index contributed by atoms with van der Waals surface area (Å²) in [6.45, 7) is 3.28. The Morgan fingerprint density at radius 1 is 1.30 bits per heavy atom. The van der Waals surface area contributed by atoms with E-state index >= 15 is 0 Å². The van der Waals surface area contributed by atoms with E-state index in [1.54, 1.807) is 0 Å². The molecule has 3 aromatic rings. The first kappa shape index (κ1) is 21.5. The van der Waals surface area contributed by atoms with E-state index in [9.17, 15) is 4.79 Å². The normalized spacial score (nSPS) is 18.4. The lowest BCUT2D eigenvalue weighted by Gasteiger charge is -2.27. The maximum atomic E-state index is 12.7. The Labute approximate surface area is 193 Å². The zero-order valence-electron chi connectivity index (χ0n) is 18.8. The Kier molecular flexibility index (Phi) is 6.58. The summed E-state index contributed by atoms with van der Waals surface area (Å²) in [5.74, 6) is 0.832. The Balaban J connectivity index is 1.10. The van der Waals surface area contributed by atoms with Crippen LogP contribution in [0.15, 0.2) is 54.9 Å². The molecule has 0 radical (unpaired) electrons. The van der Waals surface area contributed by atoms with Gasteiger partial charge in [0.25, 0.3) is 0 Å². The van der Waals surface area contributed by atoms with E-state index in [4.69, 9.17) is 9.47 Å². The van der Waals surface area contributed by atoms with Gasteiger partial charge in [-0.1, -0.05) is 18.2 Å². The number of carbonyl (C=O) groups is 1. The van der Waals surface area contributed by atoms with Crippen LogP contribution in [0.25, 0.3) is 16.6 Å². The molecule has 1 fully saturated rings. The van der Waals surface area contributed by atoms with Crippen LogP contribution in [0.1, 0.15) is 36.8 Å². The summed E-state index contributed by atoms with van der Waals surface area (Å²) in [7, 11) is 0. The maximum Gasteiger partial charge on any atom is 0.317 e. The van der Waals surface area contributed by atoms with Gasteiger partial charge in [-0.3, -0.25) is 0 Å². The molecule has 7 heteroatoms. The van der Waals surface area contributed by atoms with Gasteiger partial charge in [0.15, 0.2) is 0 Å². The van der Waals surface area contributed by atoms with Crippen LogP contribution in [-0.4, -0.2) is 53.3 Å². The topological polar surface area (TPSA) is 79.5 Å². The number of hydrogen-bond donors (Lipinski definition) is 2. The molecule has 2 N–H and O–H groups in total. The summed E-state index contributed by atoms with van der Waals surface area (Å²) < 4.78 is 11.5. The molecule has 4 heterocycles. The number of fused-ring (bicyclic) bond motifs is 1. The fraction of sp³-hybridized carbons (Fsp3) is 0.385. The van der Waals surface area contributed by atoms with Crippen molar-refractivity contribution >= 4 is 22.6 Å². The first-order chi connectivity index (χ1) is 16.2. The summed E-state index contributed by atoms with van der Waals surface area (Å²) in [5.41, 5.74) is 4.28. The lowest BCUT2D eigenvalue weighted by Crippen LogP contribution is -2.41. The smallest absolute Gasteiger partial charge is 0.317 e. The molecule has 1 unspecified atom stereocenters. The fourth-order valence-electron chi connectivity index (χ4n) is 4.45. The number of rotatable bonds is 7. The number of hydrogen-bond acceptors (Lipinski definition) is 4. The third-order valence-electron chi connectivity index (χ3n) is 6.34. The van der Waals surface area contributed by atoms with Gasteiger partial charge in [-0.2, -0.15) is 0 Å². The SMILES string of the molecule is O=C(NCc1cccc(OCCC2CCCO2)c1)N1CC=C(c2cnc3[nH]ccc3c2)CC1. The molecular weight excluding hydrogens is 416 g/mol. The molecule has 1 atom stereocenters. The number of amides is 2. The number of benzene rings is 1. The van der Waals surface area contributed by atoms with Crippen molar-refractivity contribution in [2.24, 2.45) is 0 Å². The Bertz CT molecular complexity index is 1130. The number of urea groups is 1. The minimum absolute atomic E-state index is 0.0470.